The van der Waals surface area contributed by atoms with Crippen molar-refractivity contribution in [3.63, 3.8) is 0 Å². The molecule has 1 N–H and O–H groups in total. The van der Waals surface area contributed by atoms with Gasteiger partial charge in [-0.25, -0.2) is 0 Å². The molecule has 2 aliphatic rings. The summed E-state index contributed by atoms with van der Waals surface area (Å²) in [5.74, 6) is 2.58. The van der Waals surface area contributed by atoms with Crippen molar-refractivity contribution in [2.45, 2.75) is 65.0 Å². The monoisotopic (exact) mass is 296 g/mol. The molecule has 3 heteroatoms. The van der Waals surface area contributed by atoms with E-state index in [0.29, 0.717) is 12.1 Å². The standard InChI is InChI=1S/C18H36N2O/c1-5-19-17-9-8-16(14(2)3)12-18(17)20(4)10-11-21-13-15-6-7-15/h14-19H,5-13H2,1-4H3. The van der Waals surface area contributed by atoms with Crippen LogP contribution in [-0.2, 0) is 4.74 Å². The number of likely N-dealkylation sites (N-methyl/N-ethyl adjacent to an activating group) is 2. The van der Waals surface area contributed by atoms with Crippen molar-refractivity contribution in [3.8, 4) is 0 Å². The Bertz CT molecular complexity index is 291. The quantitative estimate of drug-likeness (QED) is 0.662. The van der Waals surface area contributed by atoms with Crippen molar-refractivity contribution in [3.05, 3.63) is 0 Å². The highest BCUT2D eigenvalue weighted by Gasteiger charge is 2.33. The Kier molecular flexibility index (Phi) is 6.97. The van der Waals surface area contributed by atoms with Gasteiger partial charge in [-0.15, -0.1) is 0 Å². The van der Waals surface area contributed by atoms with E-state index in [0.717, 1.165) is 44.1 Å². The molecule has 0 aromatic carbocycles. The normalized spacial score (nSPS) is 30.3. The highest BCUT2D eigenvalue weighted by atomic mass is 16.5. The first kappa shape index (κ1) is 17.2. The Morgan fingerprint density at radius 1 is 1.19 bits per heavy atom. The van der Waals surface area contributed by atoms with Gasteiger partial charge in [0, 0.05) is 25.2 Å². The molecule has 3 nitrogen and oxygen atoms in total. The minimum atomic E-state index is 0.665. The zero-order chi connectivity index (χ0) is 15.2. The average Bonchev–Trinajstić information content (AvgIpc) is 3.28. The third-order valence-corrected chi connectivity index (χ3v) is 5.47. The van der Waals surface area contributed by atoms with Gasteiger partial charge in [0.2, 0.25) is 0 Å². The average molecular weight is 296 g/mol. The summed E-state index contributed by atoms with van der Waals surface area (Å²) >= 11 is 0. The van der Waals surface area contributed by atoms with Crippen molar-refractivity contribution in [1.29, 1.82) is 0 Å². The lowest BCUT2D eigenvalue weighted by Crippen LogP contribution is -2.53. The predicted molar refractivity (Wildman–Crippen MR) is 89.6 cm³/mol. The third kappa shape index (κ3) is 5.54. The SMILES string of the molecule is CCNC1CCC(C(C)C)CC1N(C)CCOCC1CC1. The molecular formula is C18H36N2O. The number of nitrogens with one attached hydrogen (secondary N) is 1. The lowest BCUT2D eigenvalue weighted by atomic mass is 9.76. The van der Waals surface area contributed by atoms with Crippen LogP contribution in [0.3, 0.4) is 0 Å². The molecule has 3 atom stereocenters. The van der Waals surface area contributed by atoms with Gasteiger partial charge in [-0.1, -0.05) is 20.8 Å². The summed E-state index contributed by atoms with van der Waals surface area (Å²) in [4.78, 5) is 2.55. The molecule has 2 rings (SSSR count). The Morgan fingerprint density at radius 2 is 1.95 bits per heavy atom. The first-order valence-electron chi connectivity index (χ1n) is 9.13. The zero-order valence-corrected chi connectivity index (χ0v) is 14.6. The fourth-order valence-electron chi connectivity index (χ4n) is 3.68. The van der Waals surface area contributed by atoms with Gasteiger partial charge in [-0.05, 0) is 63.5 Å². The van der Waals surface area contributed by atoms with Gasteiger partial charge in [-0.3, -0.25) is 4.90 Å². The molecule has 0 saturated heterocycles. The van der Waals surface area contributed by atoms with Crippen LogP contribution in [-0.4, -0.2) is 50.3 Å². The Labute approximate surface area is 131 Å². The van der Waals surface area contributed by atoms with Crippen LogP contribution in [0.25, 0.3) is 0 Å². The molecule has 21 heavy (non-hydrogen) atoms. The van der Waals surface area contributed by atoms with E-state index in [-0.39, 0.29) is 0 Å². The van der Waals surface area contributed by atoms with E-state index >= 15 is 0 Å². The summed E-state index contributed by atoms with van der Waals surface area (Å²) in [6, 6.07) is 1.34. The van der Waals surface area contributed by atoms with E-state index in [9.17, 15) is 0 Å². The second-order valence-corrected chi connectivity index (χ2v) is 7.55. The maximum absolute atomic E-state index is 5.83. The molecule has 0 heterocycles. The van der Waals surface area contributed by atoms with Gasteiger partial charge in [0.05, 0.1) is 6.61 Å². The van der Waals surface area contributed by atoms with Crippen molar-refractivity contribution in [2.75, 3.05) is 33.4 Å². The van der Waals surface area contributed by atoms with E-state index < -0.39 is 0 Å². The molecule has 3 unspecified atom stereocenters. The maximum Gasteiger partial charge on any atom is 0.0593 e. The Balaban J connectivity index is 1.78. The fraction of sp³-hybridized carbons (Fsp3) is 1.00. The second kappa shape index (κ2) is 8.50. The molecule has 2 fully saturated rings. The molecule has 0 bridgehead atoms. The van der Waals surface area contributed by atoms with Gasteiger partial charge in [0.15, 0.2) is 0 Å². The van der Waals surface area contributed by atoms with Gasteiger partial charge >= 0.3 is 0 Å². The van der Waals surface area contributed by atoms with Gasteiger partial charge in [-0.2, -0.15) is 0 Å². The van der Waals surface area contributed by atoms with Gasteiger partial charge < -0.3 is 10.1 Å². The largest absolute Gasteiger partial charge is 0.380 e. The first-order chi connectivity index (χ1) is 10.1. The van der Waals surface area contributed by atoms with Crippen molar-refractivity contribution in [1.82, 2.24) is 10.2 Å². The van der Waals surface area contributed by atoms with E-state index in [1.54, 1.807) is 0 Å². The van der Waals surface area contributed by atoms with Crippen LogP contribution >= 0.6 is 0 Å². The van der Waals surface area contributed by atoms with Crippen LogP contribution in [0.5, 0.6) is 0 Å². The van der Waals surface area contributed by atoms with Crippen molar-refractivity contribution >= 4 is 0 Å². The van der Waals surface area contributed by atoms with Crippen LogP contribution in [0.1, 0.15) is 52.9 Å². The summed E-state index contributed by atoms with van der Waals surface area (Å²) in [5, 5.41) is 3.71. The molecule has 2 saturated carbocycles. The van der Waals surface area contributed by atoms with Crippen LogP contribution in [0.2, 0.25) is 0 Å². The third-order valence-electron chi connectivity index (χ3n) is 5.47. The van der Waals surface area contributed by atoms with Crippen molar-refractivity contribution in [2.24, 2.45) is 17.8 Å². The molecule has 2 aliphatic carbocycles. The van der Waals surface area contributed by atoms with Gasteiger partial charge in [0.25, 0.3) is 0 Å². The topological polar surface area (TPSA) is 24.5 Å². The highest BCUT2D eigenvalue weighted by molar-refractivity contribution is 4.91. The lowest BCUT2D eigenvalue weighted by molar-refractivity contribution is 0.0590. The van der Waals surface area contributed by atoms with Crippen LogP contribution in [0, 0.1) is 17.8 Å². The van der Waals surface area contributed by atoms with E-state index in [4.69, 9.17) is 4.74 Å². The summed E-state index contributed by atoms with van der Waals surface area (Å²) in [6.07, 6.45) is 6.83. The molecule has 0 spiro atoms. The summed E-state index contributed by atoms with van der Waals surface area (Å²) in [6.45, 7) is 11.0. The van der Waals surface area contributed by atoms with E-state index in [1.165, 1.54) is 32.1 Å². The molecule has 0 aromatic rings. The zero-order valence-electron chi connectivity index (χ0n) is 14.6. The smallest absolute Gasteiger partial charge is 0.0593 e. The highest BCUT2D eigenvalue weighted by Crippen LogP contribution is 2.32. The molecule has 0 aliphatic heterocycles. The number of rotatable bonds is 9. The lowest BCUT2D eigenvalue weighted by Gasteiger charge is -2.42. The minimum Gasteiger partial charge on any atom is -0.380 e. The fourth-order valence-corrected chi connectivity index (χ4v) is 3.68. The first-order valence-corrected chi connectivity index (χ1v) is 9.13. The maximum atomic E-state index is 5.83. The Hall–Kier alpha value is -0.120. The molecule has 124 valence electrons. The van der Waals surface area contributed by atoms with E-state index in [2.05, 4.69) is 38.0 Å². The Morgan fingerprint density at radius 3 is 2.57 bits per heavy atom. The number of ether oxygens (including phenoxy) is 1. The molecule has 0 radical (unpaired) electrons. The number of hydrogen-bond donors (Lipinski definition) is 1. The predicted octanol–water partition coefficient (Wildman–Crippen LogP) is 3.15. The van der Waals surface area contributed by atoms with E-state index in [1.807, 2.05) is 0 Å². The number of hydrogen-bond acceptors (Lipinski definition) is 3. The number of nitrogens with zero attached hydrogens (tertiary/aromatic N) is 1. The van der Waals surface area contributed by atoms with Gasteiger partial charge in [0.1, 0.15) is 0 Å². The van der Waals surface area contributed by atoms with Crippen LogP contribution in [0.4, 0.5) is 0 Å². The second-order valence-electron chi connectivity index (χ2n) is 7.55. The molecular weight excluding hydrogens is 260 g/mol. The minimum absolute atomic E-state index is 0.665. The molecule has 0 aromatic heterocycles. The summed E-state index contributed by atoms with van der Waals surface area (Å²) in [7, 11) is 2.29. The summed E-state index contributed by atoms with van der Waals surface area (Å²) in [5.41, 5.74) is 0. The van der Waals surface area contributed by atoms with Crippen LogP contribution in [0.15, 0.2) is 0 Å². The molecule has 0 amide bonds. The van der Waals surface area contributed by atoms with Crippen LogP contribution < -0.4 is 5.32 Å². The van der Waals surface area contributed by atoms with Crippen molar-refractivity contribution < 1.29 is 4.74 Å². The summed E-state index contributed by atoms with van der Waals surface area (Å²) < 4.78 is 5.83.